The van der Waals surface area contributed by atoms with Crippen molar-refractivity contribution in [3.05, 3.63) is 29.8 Å². The summed E-state index contributed by atoms with van der Waals surface area (Å²) in [5.41, 5.74) is 0.593. The summed E-state index contributed by atoms with van der Waals surface area (Å²) in [7, 11) is -3.15. The van der Waals surface area contributed by atoms with Crippen LogP contribution >= 0.6 is 0 Å². The van der Waals surface area contributed by atoms with Crippen molar-refractivity contribution in [2.24, 2.45) is 0 Å². The first-order chi connectivity index (χ1) is 13.4. The SMILES string of the molecule is CS(=O)(=O)N1CCC(Oc2cccc(C(=O)N3CCCC[C@@H]3CCO)c2)CC1. The molecule has 0 bridgehead atoms. The summed E-state index contributed by atoms with van der Waals surface area (Å²) in [6.45, 7) is 1.72. The molecule has 0 aliphatic carbocycles. The molecule has 0 radical (unpaired) electrons. The van der Waals surface area contributed by atoms with Gasteiger partial charge < -0.3 is 14.7 Å². The summed E-state index contributed by atoms with van der Waals surface area (Å²) in [6, 6.07) is 7.32. The topological polar surface area (TPSA) is 87.2 Å². The van der Waals surface area contributed by atoms with Gasteiger partial charge in [-0.15, -0.1) is 0 Å². The molecule has 1 atom stereocenters. The van der Waals surface area contributed by atoms with Crippen LogP contribution in [0.15, 0.2) is 24.3 Å². The van der Waals surface area contributed by atoms with Gasteiger partial charge >= 0.3 is 0 Å². The molecule has 2 heterocycles. The molecule has 3 rings (SSSR count). The third kappa shape index (κ3) is 5.24. The predicted molar refractivity (Wildman–Crippen MR) is 107 cm³/mol. The quantitative estimate of drug-likeness (QED) is 0.774. The Balaban J connectivity index is 1.63. The lowest BCUT2D eigenvalue weighted by Crippen LogP contribution is -2.44. The Morgan fingerprint density at radius 1 is 1.18 bits per heavy atom. The van der Waals surface area contributed by atoms with Crippen molar-refractivity contribution in [2.75, 3.05) is 32.5 Å². The molecule has 7 nitrogen and oxygen atoms in total. The minimum Gasteiger partial charge on any atom is -0.490 e. The predicted octanol–water partition coefficient (Wildman–Crippen LogP) is 1.87. The Morgan fingerprint density at radius 3 is 2.61 bits per heavy atom. The van der Waals surface area contributed by atoms with E-state index in [-0.39, 0.29) is 24.7 Å². The number of aliphatic hydroxyl groups is 1. The Labute approximate surface area is 167 Å². The number of amides is 1. The second-order valence-corrected chi connectivity index (χ2v) is 9.65. The van der Waals surface area contributed by atoms with Crippen LogP contribution in [0, 0.1) is 0 Å². The van der Waals surface area contributed by atoms with Crippen LogP contribution in [-0.4, -0.2) is 73.3 Å². The van der Waals surface area contributed by atoms with E-state index in [0.717, 1.165) is 25.8 Å². The van der Waals surface area contributed by atoms with Gasteiger partial charge in [0, 0.05) is 37.8 Å². The molecule has 0 aromatic heterocycles. The van der Waals surface area contributed by atoms with Crippen molar-refractivity contribution < 1.29 is 23.1 Å². The van der Waals surface area contributed by atoms with E-state index >= 15 is 0 Å². The molecule has 8 heteroatoms. The highest BCUT2D eigenvalue weighted by molar-refractivity contribution is 7.88. The van der Waals surface area contributed by atoms with Crippen LogP contribution in [0.4, 0.5) is 0 Å². The number of piperidine rings is 2. The van der Waals surface area contributed by atoms with E-state index in [9.17, 15) is 18.3 Å². The Bertz CT molecular complexity index is 773. The second kappa shape index (κ2) is 9.24. The number of benzene rings is 1. The Kier molecular flexibility index (Phi) is 6.95. The monoisotopic (exact) mass is 410 g/mol. The maximum absolute atomic E-state index is 13.0. The van der Waals surface area contributed by atoms with E-state index in [0.29, 0.717) is 43.7 Å². The first kappa shape index (κ1) is 21.1. The fourth-order valence-electron chi connectivity index (χ4n) is 4.06. The van der Waals surface area contributed by atoms with E-state index in [4.69, 9.17) is 4.74 Å². The van der Waals surface area contributed by atoms with Crippen molar-refractivity contribution in [3.63, 3.8) is 0 Å². The van der Waals surface area contributed by atoms with Gasteiger partial charge in [-0.05, 0) is 56.7 Å². The molecular formula is C20H30N2O5S. The zero-order chi connectivity index (χ0) is 20.1. The van der Waals surface area contributed by atoms with Crippen LogP contribution in [0.5, 0.6) is 5.75 Å². The maximum atomic E-state index is 13.0. The lowest BCUT2D eigenvalue weighted by molar-refractivity contribution is 0.0573. The van der Waals surface area contributed by atoms with Crippen molar-refractivity contribution in [1.82, 2.24) is 9.21 Å². The van der Waals surface area contributed by atoms with Crippen LogP contribution < -0.4 is 4.74 Å². The molecule has 1 amide bonds. The van der Waals surface area contributed by atoms with Crippen LogP contribution in [-0.2, 0) is 10.0 Å². The average Bonchev–Trinajstić information content (AvgIpc) is 2.68. The lowest BCUT2D eigenvalue weighted by Gasteiger charge is -2.35. The molecule has 28 heavy (non-hydrogen) atoms. The molecule has 2 aliphatic rings. The number of aliphatic hydroxyl groups excluding tert-OH is 1. The second-order valence-electron chi connectivity index (χ2n) is 7.67. The highest BCUT2D eigenvalue weighted by Crippen LogP contribution is 2.25. The first-order valence-corrected chi connectivity index (χ1v) is 11.9. The average molecular weight is 411 g/mol. The smallest absolute Gasteiger partial charge is 0.254 e. The molecular weight excluding hydrogens is 380 g/mol. The van der Waals surface area contributed by atoms with Crippen LogP contribution in [0.25, 0.3) is 0 Å². The number of carbonyl (C=O) groups is 1. The largest absolute Gasteiger partial charge is 0.490 e. The summed E-state index contributed by atoms with van der Waals surface area (Å²) in [6.07, 6.45) is 6.06. The van der Waals surface area contributed by atoms with Crippen LogP contribution in [0.3, 0.4) is 0 Å². The van der Waals surface area contributed by atoms with Crippen LogP contribution in [0.2, 0.25) is 0 Å². The first-order valence-electron chi connectivity index (χ1n) is 10.0. The molecule has 156 valence electrons. The Morgan fingerprint density at radius 2 is 1.93 bits per heavy atom. The Hall–Kier alpha value is -1.64. The number of rotatable bonds is 6. The van der Waals surface area contributed by atoms with E-state index in [1.165, 1.54) is 10.6 Å². The molecule has 0 saturated carbocycles. The zero-order valence-corrected chi connectivity index (χ0v) is 17.2. The van der Waals surface area contributed by atoms with Crippen molar-refractivity contribution in [1.29, 1.82) is 0 Å². The molecule has 1 aromatic rings. The number of hydrogen-bond donors (Lipinski definition) is 1. The molecule has 2 saturated heterocycles. The normalized spacial score (nSPS) is 22.2. The standard InChI is InChI=1S/C20H30N2O5S/c1-28(25,26)21-12-8-18(9-13-21)27-19-7-4-5-16(15-19)20(24)22-11-3-2-6-17(22)10-14-23/h4-5,7,15,17-18,23H,2-3,6,8-14H2,1H3/t17-/m1/s1. The van der Waals surface area contributed by atoms with E-state index < -0.39 is 10.0 Å². The van der Waals surface area contributed by atoms with Gasteiger partial charge in [0.1, 0.15) is 11.9 Å². The highest BCUT2D eigenvalue weighted by atomic mass is 32.2. The highest BCUT2D eigenvalue weighted by Gasteiger charge is 2.28. The molecule has 2 fully saturated rings. The van der Waals surface area contributed by atoms with Crippen molar-refractivity contribution >= 4 is 15.9 Å². The molecule has 2 aliphatic heterocycles. The van der Waals surface area contributed by atoms with Gasteiger partial charge in [-0.2, -0.15) is 0 Å². The number of carbonyl (C=O) groups excluding carboxylic acids is 1. The van der Waals surface area contributed by atoms with Gasteiger partial charge in [0.15, 0.2) is 0 Å². The summed E-state index contributed by atoms with van der Waals surface area (Å²) in [5, 5.41) is 9.28. The third-order valence-corrected chi connectivity index (χ3v) is 6.91. The zero-order valence-electron chi connectivity index (χ0n) is 16.4. The number of sulfonamides is 1. The van der Waals surface area contributed by atoms with Gasteiger partial charge in [-0.3, -0.25) is 4.79 Å². The summed E-state index contributed by atoms with van der Waals surface area (Å²) in [4.78, 5) is 14.9. The minimum atomic E-state index is -3.15. The maximum Gasteiger partial charge on any atom is 0.254 e. The van der Waals surface area contributed by atoms with Gasteiger partial charge in [-0.1, -0.05) is 6.07 Å². The van der Waals surface area contributed by atoms with Gasteiger partial charge in [0.2, 0.25) is 10.0 Å². The molecule has 0 unspecified atom stereocenters. The van der Waals surface area contributed by atoms with E-state index in [2.05, 4.69) is 0 Å². The number of nitrogens with zero attached hydrogens (tertiary/aromatic N) is 2. The minimum absolute atomic E-state index is 0.0181. The van der Waals surface area contributed by atoms with E-state index in [1.807, 2.05) is 17.0 Å². The molecule has 1 aromatic carbocycles. The molecule has 1 N–H and O–H groups in total. The number of likely N-dealkylation sites (tertiary alicyclic amines) is 1. The van der Waals surface area contributed by atoms with Gasteiger partial charge in [-0.25, -0.2) is 12.7 Å². The molecule has 0 spiro atoms. The summed E-state index contributed by atoms with van der Waals surface area (Å²) >= 11 is 0. The van der Waals surface area contributed by atoms with Gasteiger partial charge in [0.25, 0.3) is 5.91 Å². The van der Waals surface area contributed by atoms with Crippen molar-refractivity contribution in [2.45, 2.75) is 50.7 Å². The summed E-state index contributed by atoms with van der Waals surface area (Å²) in [5.74, 6) is 0.620. The number of ether oxygens (including phenoxy) is 1. The fourth-order valence-corrected chi connectivity index (χ4v) is 4.93. The number of hydrogen-bond acceptors (Lipinski definition) is 5. The summed E-state index contributed by atoms with van der Waals surface area (Å²) < 4.78 is 30.8. The lowest BCUT2D eigenvalue weighted by atomic mass is 9.98. The van der Waals surface area contributed by atoms with Gasteiger partial charge in [0.05, 0.1) is 6.26 Å². The fraction of sp³-hybridized carbons (Fsp3) is 0.650. The van der Waals surface area contributed by atoms with Crippen molar-refractivity contribution in [3.8, 4) is 5.75 Å². The van der Waals surface area contributed by atoms with Crippen LogP contribution in [0.1, 0.15) is 48.9 Å². The van der Waals surface area contributed by atoms with E-state index in [1.54, 1.807) is 12.1 Å². The third-order valence-electron chi connectivity index (χ3n) is 5.60.